The smallest absolute Gasteiger partial charge is 0.416 e. The number of nitrogens with zero attached hydrogens (tertiary/aromatic N) is 4. The number of halogens is 1. The lowest BCUT2D eigenvalue weighted by Crippen LogP contribution is -2.46. The van der Waals surface area contributed by atoms with Gasteiger partial charge in [0.05, 0.1) is 38.7 Å². The van der Waals surface area contributed by atoms with Crippen molar-refractivity contribution in [2.75, 3.05) is 45.0 Å². The summed E-state index contributed by atoms with van der Waals surface area (Å²) in [6, 6.07) is 3.52. The first kappa shape index (κ1) is 38.3. The number of hydrogen-bond donors (Lipinski definition) is 1. The van der Waals surface area contributed by atoms with Gasteiger partial charge in [-0.05, 0) is 85.0 Å². The summed E-state index contributed by atoms with van der Waals surface area (Å²) in [6.07, 6.45) is 0.313. The van der Waals surface area contributed by atoms with Gasteiger partial charge in [-0.2, -0.15) is 4.98 Å². The summed E-state index contributed by atoms with van der Waals surface area (Å²) >= 11 is 6.55. The van der Waals surface area contributed by atoms with Crippen LogP contribution in [0.2, 0.25) is 5.28 Å². The van der Waals surface area contributed by atoms with Crippen molar-refractivity contribution in [1.29, 1.82) is 0 Å². The molecule has 2 aromatic heterocycles. The van der Waals surface area contributed by atoms with Crippen LogP contribution in [0, 0.1) is 0 Å². The van der Waals surface area contributed by atoms with E-state index in [0.29, 0.717) is 17.0 Å². The van der Waals surface area contributed by atoms with E-state index in [-0.39, 0.29) is 37.8 Å². The highest BCUT2D eigenvalue weighted by Crippen LogP contribution is 2.61. The molecule has 2 aromatic rings. The topological polar surface area (TPSA) is 162 Å². The lowest BCUT2D eigenvalue weighted by Gasteiger charge is -2.37. The van der Waals surface area contributed by atoms with Crippen LogP contribution in [0.4, 0.5) is 10.6 Å². The molecule has 3 aliphatic rings. The summed E-state index contributed by atoms with van der Waals surface area (Å²) in [6.45, 7) is 11.4. The molecule has 0 aromatic carbocycles. The molecule has 5 atom stereocenters. The Morgan fingerprint density at radius 3 is 2.39 bits per heavy atom. The van der Waals surface area contributed by atoms with Gasteiger partial charge in [-0.1, -0.05) is 12.8 Å². The van der Waals surface area contributed by atoms with Crippen LogP contribution in [-0.2, 0) is 42.0 Å². The molecule has 49 heavy (non-hydrogen) atoms. The van der Waals surface area contributed by atoms with Crippen LogP contribution in [-0.4, -0.2) is 107 Å². The number of anilines is 1. The number of carbonyl (C=O) groups excluding carboxylic acids is 1. The molecule has 2 aliphatic heterocycles. The third-order valence-corrected chi connectivity index (χ3v) is 11.4. The number of methoxy groups -OCH3 is 1. The van der Waals surface area contributed by atoms with Crippen molar-refractivity contribution in [3.05, 3.63) is 23.1 Å². The Morgan fingerprint density at radius 1 is 1.14 bits per heavy atom. The molecule has 276 valence electrons. The van der Waals surface area contributed by atoms with Crippen LogP contribution < -0.4 is 4.90 Å². The molecular weight excluding hydrogens is 683 g/mol. The zero-order chi connectivity index (χ0) is 35.8. The maximum atomic E-state index is 14.0. The molecule has 0 unspecified atom stereocenters. The first-order chi connectivity index (χ1) is 23.1. The number of carbonyl (C=O) groups is 1. The van der Waals surface area contributed by atoms with Gasteiger partial charge in [-0.25, -0.2) is 9.31 Å². The highest BCUT2D eigenvalue weighted by Gasteiger charge is 2.58. The maximum Gasteiger partial charge on any atom is 0.416 e. The summed E-state index contributed by atoms with van der Waals surface area (Å²) in [5.41, 5.74) is 0.388. The Balaban J connectivity index is 1.50. The normalized spacial score (nSPS) is 25.5. The van der Waals surface area contributed by atoms with E-state index in [9.17, 15) is 14.5 Å². The molecule has 0 bridgehead atoms. The highest BCUT2D eigenvalue weighted by molar-refractivity contribution is 7.55. The lowest BCUT2D eigenvalue weighted by atomic mass is 10.1. The van der Waals surface area contributed by atoms with Crippen molar-refractivity contribution in [2.45, 2.75) is 121 Å². The highest BCUT2D eigenvalue weighted by atomic mass is 35.5. The van der Waals surface area contributed by atoms with Crippen molar-refractivity contribution >= 4 is 36.6 Å². The number of fused-ring (bicyclic) bond motifs is 2. The molecule has 4 heterocycles. The van der Waals surface area contributed by atoms with Crippen LogP contribution in [0.1, 0.15) is 85.9 Å². The second-order valence-corrected chi connectivity index (χ2v) is 16.6. The third-order valence-electron chi connectivity index (χ3n) is 8.67. The van der Waals surface area contributed by atoms with E-state index >= 15 is 0 Å². The SMILES string of the molecule is CCOP(=O)(OCC)[C@@](CO)(COC)OC[C@H]1O[C@H](c2ccc3c(N(C(=O)OC(C)(C)C)C4CCCC4)nc(Cl)nn23)[C@@H]2OC(C)(C)O[C@@H]21. The number of aromatic nitrogens is 3. The van der Waals surface area contributed by atoms with Gasteiger partial charge < -0.3 is 42.6 Å². The Morgan fingerprint density at radius 2 is 1.80 bits per heavy atom. The quantitative estimate of drug-likeness (QED) is 0.238. The summed E-state index contributed by atoms with van der Waals surface area (Å²) < 4.78 is 63.4. The fraction of sp³-hybridized carbons (Fsp3) is 0.781. The molecule has 3 fully saturated rings. The number of amides is 1. The average Bonchev–Trinajstić information content (AvgIpc) is 3.79. The zero-order valence-electron chi connectivity index (χ0n) is 29.5. The number of ether oxygens (including phenoxy) is 6. The van der Waals surface area contributed by atoms with E-state index in [2.05, 4.69) is 10.1 Å². The van der Waals surface area contributed by atoms with E-state index < -0.39 is 61.4 Å². The first-order valence-corrected chi connectivity index (χ1v) is 18.7. The average molecular weight is 733 g/mol. The fourth-order valence-electron chi connectivity index (χ4n) is 6.76. The van der Waals surface area contributed by atoms with Gasteiger partial charge in [0.15, 0.2) is 11.6 Å². The van der Waals surface area contributed by atoms with Crippen molar-refractivity contribution in [2.24, 2.45) is 0 Å². The first-order valence-electron chi connectivity index (χ1n) is 16.8. The van der Waals surface area contributed by atoms with Crippen LogP contribution in [0.25, 0.3) is 5.52 Å². The molecule has 1 saturated carbocycles. The molecule has 1 N–H and O–H groups in total. The largest absolute Gasteiger partial charge is 0.443 e. The predicted molar refractivity (Wildman–Crippen MR) is 179 cm³/mol. The van der Waals surface area contributed by atoms with Crippen molar-refractivity contribution in [3.63, 3.8) is 0 Å². The number of rotatable bonds is 14. The number of hydrogen-bond acceptors (Lipinski definition) is 13. The second kappa shape index (κ2) is 15.0. The van der Waals surface area contributed by atoms with Crippen LogP contribution >= 0.6 is 19.2 Å². The molecule has 2 saturated heterocycles. The number of aliphatic hydroxyl groups is 1. The minimum absolute atomic E-state index is 0.0593. The van der Waals surface area contributed by atoms with Gasteiger partial charge in [0.1, 0.15) is 35.5 Å². The van der Waals surface area contributed by atoms with Crippen LogP contribution in [0.15, 0.2) is 12.1 Å². The van der Waals surface area contributed by atoms with Crippen LogP contribution in [0.5, 0.6) is 0 Å². The van der Waals surface area contributed by atoms with E-state index in [1.165, 1.54) is 7.11 Å². The van der Waals surface area contributed by atoms with E-state index in [1.54, 1.807) is 37.1 Å². The second-order valence-electron chi connectivity index (χ2n) is 13.9. The van der Waals surface area contributed by atoms with Gasteiger partial charge in [-0.3, -0.25) is 9.46 Å². The van der Waals surface area contributed by atoms with Gasteiger partial charge in [0.25, 0.3) is 0 Å². The predicted octanol–water partition coefficient (Wildman–Crippen LogP) is 5.64. The van der Waals surface area contributed by atoms with E-state index in [4.69, 9.17) is 49.1 Å². The van der Waals surface area contributed by atoms with Gasteiger partial charge >= 0.3 is 13.7 Å². The minimum atomic E-state index is -4.04. The van der Waals surface area contributed by atoms with E-state index in [1.807, 2.05) is 32.9 Å². The third kappa shape index (κ3) is 7.81. The van der Waals surface area contributed by atoms with Gasteiger partial charge in [0.2, 0.25) is 10.6 Å². The molecular formula is C32H50ClN4O11P. The standard InChI is InChI=1S/C32H50ClN4O11P/c1-9-43-49(40,44-10-2)32(18-38,19-41-8)42-17-23-25-26(47-31(6,7)46-25)24(45-23)21-15-16-22-27(34-28(33)35-37(21)22)36(20-13-11-12-14-20)29(39)48-30(3,4)5/h15-16,20,23-26,38H,9-14,17-19H2,1-8H3/t23-,24-,25-,26+,32+/m1/s1. The zero-order valence-corrected chi connectivity index (χ0v) is 31.2. The summed E-state index contributed by atoms with van der Waals surface area (Å²) in [5.74, 6) is -0.635. The van der Waals surface area contributed by atoms with Crippen LogP contribution in [0.3, 0.4) is 0 Å². The summed E-state index contributed by atoms with van der Waals surface area (Å²) in [5, 5.41) is 13.2. The summed E-state index contributed by atoms with van der Waals surface area (Å²) in [4.78, 5) is 19.8. The molecule has 5 rings (SSSR count). The molecule has 0 radical (unpaired) electrons. The Hall–Kier alpha value is -1.91. The van der Waals surface area contributed by atoms with Crippen molar-refractivity contribution in [1.82, 2.24) is 14.6 Å². The minimum Gasteiger partial charge on any atom is -0.443 e. The van der Waals surface area contributed by atoms with Crippen molar-refractivity contribution in [3.8, 4) is 0 Å². The van der Waals surface area contributed by atoms with Gasteiger partial charge in [0, 0.05) is 13.2 Å². The molecule has 17 heteroatoms. The fourth-order valence-corrected chi connectivity index (χ4v) is 8.83. The van der Waals surface area contributed by atoms with Gasteiger partial charge in [-0.15, -0.1) is 5.10 Å². The van der Waals surface area contributed by atoms with E-state index in [0.717, 1.165) is 25.7 Å². The lowest BCUT2D eigenvalue weighted by molar-refractivity contribution is -0.199. The Bertz CT molecular complexity index is 1500. The number of aliphatic hydroxyl groups excluding tert-OH is 1. The molecule has 15 nitrogen and oxygen atoms in total. The Labute approximate surface area is 292 Å². The maximum absolute atomic E-state index is 14.0. The molecule has 1 aliphatic carbocycles. The molecule has 1 amide bonds. The Kier molecular flexibility index (Phi) is 11.7. The molecule has 0 spiro atoms. The van der Waals surface area contributed by atoms with Crippen molar-refractivity contribution < 1.29 is 51.9 Å². The summed E-state index contributed by atoms with van der Waals surface area (Å²) in [7, 11) is -2.63. The monoisotopic (exact) mass is 732 g/mol.